The van der Waals surface area contributed by atoms with Crippen LogP contribution in [0.2, 0.25) is 0 Å². The van der Waals surface area contributed by atoms with Gasteiger partial charge in [-0.15, -0.1) is 0 Å². The Balaban J connectivity index is 1.24. The van der Waals surface area contributed by atoms with Gasteiger partial charge >= 0.3 is 40.5 Å². The van der Waals surface area contributed by atoms with Gasteiger partial charge in [0.25, 0.3) is 0 Å². The van der Waals surface area contributed by atoms with E-state index in [2.05, 4.69) is 0 Å². The van der Waals surface area contributed by atoms with E-state index >= 15 is 0 Å². The Hall–Kier alpha value is -7.00. The van der Waals surface area contributed by atoms with Gasteiger partial charge in [-0.1, -0.05) is 79.7 Å². The molecule has 0 unspecified atom stereocenters. The molecule has 20 heteroatoms. The number of fused-ring (bicyclic) bond motifs is 8. The molecule has 0 atom stereocenters. The van der Waals surface area contributed by atoms with Crippen molar-refractivity contribution >= 4 is 83.6 Å². The summed E-state index contributed by atoms with van der Waals surface area (Å²) in [5.74, 6) is 0.00108. The van der Waals surface area contributed by atoms with Crippen LogP contribution in [0.5, 0.6) is 46.0 Å². The molecule has 1 heterocycles. The second-order valence-corrected chi connectivity index (χ2v) is 27.6. The van der Waals surface area contributed by atoms with Gasteiger partial charge in [0, 0.05) is 0 Å². The molecule has 0 saturated carbocycles. The number of rotatable bonds is 16. The predicted molar refractivity (Wildman–Crippen MR) is 307 cm³/mol. The summed E-state index contributed by atoms with van der Waals surface area (Å²) in [7, 11) is -19.1. The minimum absolute atomic E-state index is 0.0559. The maximum atomic E-state index is 14.6. The quantitative estimate of drug-likeness (QED) is 0.0823. The molecular weight excluding hydrogens is 1100 g/mol. The molecule has 16 nitrogen and oxygen atoms in total. The van der Waals surface area contributed by atoms with Crippen molar-refractivity contribution in [2.45, 2.75) is 101 Å². The van der Waals surface area contributed by atoms with E-state index in [4.69, 9.17) is 35.7 Å². The molecule has 1 aliphatic rings. The highest BCUT2D eigenvalue weighted by Crippen LogP contribution is 2.41. The fourth-order valence-electron chi connectivity index (χ4n) is 8.68. The first-order valence-electron chi connectivity index (χ1n) is 26.4. The molecule has 0 radical (unpaired) electrons. The molecular formula is C60H64O16S4. The molecule has 0 aliphatic carbocycles. The van der Waals surface area contributed by atoms with Crippen molar-refractivity contribution in [1.82, 2.24) is 0 Å². The molecule has 0 fully saturated rings. The lowest BCUT2D eigenvalue weighted by Crippen LogP contribution is -2.14. The Labute approximate surface area is 468 Å². The topological polar surface area (TPSA) is 210 Å². The molecule has 0 N–H and O–H groups in total. The summed E-state index contributed by atoms with van der Waals surface area (Å²) >= 11 is 0. The van der Waals surface area contributed by atoms with Crippen molar-refractivity contribution in [3.63, 3.8) is 0 Å². The lowest BCUT2D eigenvalue weighted by atomic mass is 10.1. The molecule has 0 amide bonds. The van der Waals surface area contributed by atoms with Crippen molar-refractivity contribution in [2.75, 3.05) is 26.4 Å². The SMILES string of the molecule is CC(C)CCOc1cc2cc(OCCC(C)C)c3cc2cc1S(=O)(=O)Oc1ccc2ccc(cc2c1)OS(=O)(=O)c1cc2cc(c(OCCC(C)C)cc2cc1OCCC(C)C)S(=O)(=O)Oc1ccc2ccc(cc2c1)OS3(=O)=O. The molecule has 0 spiro atoms. The van der Waals surface area contributed by atoms with Crippen LogP contribution < -0.4 is 35.7 Å². The molecule has 0 saturated heterocycles. The number of hydrogen-bond donors (Lipinski definition) is 0. The van der Waals surface area contributed by atoms with E-state index in [1.807, 2.05) is 55.4 Å². The van der Waals surface area contributed by atoms with Crippen LogP contribution in [-0.4, -0.2) is 60.1 Å². The normalized spacial score (nSPS) is 15.6. The highest BCUT2D eigenvalue weighted by Gasteiger charge is 2.31. The number of benzene rings is 8. The molecule has 0 aromatic heterocycles. The van der Waals surface area contributed by atoms with Gasteiger partial charge in [0.1, 0.15) is 65.6 Å². The highest BCUT2D eigenvalue weighted by molar-refractivity contribution is 7.88. The Morgan fingerprint density at radius 2 is 0.487 bits per heavy atom. The first-order valence-corrected chi connectivity index (χ1v) is 32.1. The van der Waals surface area contributed by atoms with Crippen molar-refractivity contribution in [3.05, 3.63) is 121 Å². The first kappa shape index (κ1) is 57.7. The fourth-order valence-corrected chi connectivity index (χ4v) is 13.0. The summed E-state index contributed by atoms with van der Waals surface area (Å²) < 4.78 is 165. The first-order chi connectivity index (χ1) is 37.8. The van der Waals surface area contributed by atoms with E-state index in [-0.39, 0.29) is 107 Å². The molecule has 9 rings (SSSR count). The van der Waals surface area contributed by atoms with Gasteiger partial charge in [-0.25, -0.2) is 0 Å². The van der Waals surface area contributed by atoms with E-state index in [1.165, 1.54) is 97.1 Å². The summed E-state index contributed by atoms with van der Waals surface area (Å²) in [6, 6.07) is 28.7. The minimum atomic E-state index is -4.77. The molecule has 12 bridgehead atoms. The third-order valence-electron chi connectivity index (χ3n) is 13.2. The van der Waals surface area contributed by atoms with Crippen LogP contribution in [0.3, 0.4) is 0 Å². The Morgan fingerprint density at radius 1 is 0.287 bits per heavy atom. The molecule has 1 aliphatic heterocycles. The van der Waals surface area contributed by atoms with Gasteiger partial charge in [-0.3, -0.25) is 0 Å². The Bertz CT molecular complexity index is 3600. The zero-order chi connectivity index (χ0) is 57.3. The Kier molecular flexibility index (Phi) is 16.7. The maximum absolute atomic E-state index is 14.6. The van der Waals surface area contributed by atoms with E-state index in [9.17, 15) is 33.7 Å². The Morgan fingerprint density at radius 3 is 0.700 bits per heavy atom. The summed E-state index contributed by atoms with van der Waals surface area (Å²) in [4.78, 5) is -1.61. The van der Waals surface area contributed by atoms with Crippen LogP contribution in [0, 0.1) is 23.7 Å². The third-order valence-corrected chi connectivity index (χ3v) is 18.3. The summed E-state index contributed by atoms with van der Waals surface area (Å²) in [6.45, 7) is 16.5. The van der Waals surface area contributed by atoms with Crippen LogP contribution >= 0.6 is 0 Å². The zero-order valence-corrected chi connectivity index (χ0v) is 48.9. The van der Waals surface area contributed by atoms with E-state index in [0.717, 1.165) is 0 Å². The average Bonchev–Trinajstić information content (AvgIpc) is 3.47. The van der Waals surface area contributed by atoms with Gasteiger partial charge in [0.2, 0.25) is 0 Å². The van der Waals surface area contributed by atoms with Crippen molar-refractivity contribution in [1.29, 1.82) is 0 Å². The lowest BCUT2D eigenvalue weighted by Gasteiger charge is -2.18. The van der Waals surface area contributed by atoms with E-state index in [0.29, 0.717) is 58.0 Å². The standard InChI is InChI=1S/C60H64O16S4/c1-37(2)17-21-69-53-29-45-30-54(70-22-18-38(3)4)58-34-47(45)33-57(53)77(61,62)73-49-13-9-41-10-14-50(26-43(41)25-49)75-79(65,66)59-35-48-36-60(56(72-24-20-40(7)8)32-46(48)31-55(59)71-23-19-39(5)6)80(67,68)76-52-16-12-42-11-15-51(27-44(42)28-52)74-78(58,63)64/h9-16,25-40H,17-24H2,1-8H3. The van der Waals surface area contributed by atoms with Crippen LogP contribution in [0.4, 0.5) is 0 Å². The van der Waals surface area contributed by atoms with E-state index in [1.54, 1.807) is 24.3 Å². The fraction of sp³-hybridized carbons (Fsp3) is 0.333. The third kappa shape index (κ3) is 13.4. The molecule has 424 valence electrons. The minimum Gasteiger partial charge on any atom is -0.492 e. The second kappa shape index (κ2) is 23.2. The van der Waals surface area contributed by atoms with Crippen LogP contribution in [0.15, 0.2) is 141 Å². The van der Waals surface area contributed by atoms with Crippen LogP contribution in [0.25, 0.3) is 43.1 Å². The zero-order valence-electron chi connectivity index (χ0n) is 45.7. The van der Waals surface area contributed by atoms with Crippen molar-refractivity contribution in [3.8, 4) is 46.0 Å². The largest absolute Gasteiger partial charge is 0.492 e. The average molecular weight is 1170 g/mol. The van der Waals surface area contributed by atoms with Crippen molar-refractivity contribution < 1.29 is 69.4 Å². The number of hydrogen-bond acceptors (Lipinski definition) is 16. The van der Waals surface area contributed by atoms with E-state index < -0.39 is 60.1 Å². The highest BCUT2D eigenvalue weighted by atomic mass is 32.2. The van der Waals surface area contributed by atoms with Gasteiger partial charge in [-0.2, -0.15) is 33.7 Å². The number of ether oxygens (including phenoxy) is 4. The smallest absolute Gasteiger partial charge is 0.342 e. The predicted octanol–water partition coefficient (Wildman–Crippen LogP) is 13.4. The van der Waals surface area contributed by atoms with Crippen LogP contribution in [-0.2, 0) is 40.5 Å². The monoisotopic (exact) mass is 1170 g/mol. The molecule has 8 aromatic rings. The van der Waals surface area contributed by atoms with Crippen LogP contribution in [0.1, 0.15) is 81.1 Å². The summed E-state index contributed by atoms with van der Waals surface area (Å²) in [5, 5.41) is 2.90. The molecule has 80 heavy (non-hydrogen) atoms. The van der Waals surface area contributed by atoms with Gasteiger partial charge in [0.15, 0.2) is 0 Å². The summed E-state index contributed by atoms with van der Waals surface area (Å²) in [5.41, 5.74) is 0. The van der Waals surface area contributed by atoms with Crippen molar-refractivity contribution in [2.24, 2.45) is 23.7 Å². The summed E-state index contributed by atoms with van der Waals surface area (Å²) in [6.07, 6.45) is 2.30. The maximum Gasteiger partial charge on any atom is 0.342 e. The van der Waals surface area contributed by atoms with Gasteiger partial charge in [0.05, 0.1) is 26.4 Å². The molecule has 8 aromatic carbocycles. The van der Waals surface area contributed by atoms with Gasteiger partial charge < -0.3 is 35.7 Å². The second-order valence-electron chi connectivity index (χ2n) is 21.5. The lowest BCUT2D eigenvalue weighted by molar-refractivity contribution is 0.281. The van der Waals surface area contributed by atoms with Gasteiger partial charge in [-0.05, 0) is 190 Å².